The van der Waals surface area contributed by atoms with Gasteiger partial charge in [-0.25, -0.2) is 4.90 Å². The van der Waals surface area contributed by atoms with Crippen molar-refractivity contribution in [3.63, 3.8) is 0 Å². The van der Waals surface area contributed by atoms with E-state index in [0.29, 0.717) is 12.2 Å². The molecule has 2 amide bonds. The molecule has 3 aromatic rings. The van der Waals surface area contributed by atoms with Crippen molar-refractivity contribution in [2.45, 2.75) is 29.4 Å². The number of nitrogens with zero attached hydrogens (tertiary/aromatic N) is 2. The second-order valence-corrected chi connectivity index (χ2v) is 10.9. The van der Waals surface area contributed by atoms with Gasteiger partial charge in [-0.3, -0.25) is 19.7 Å². The minimum Gasteiger partial charge on any atom is -0.392 e. The van der Waals surface area contributed by atoms with Crippen molar-refractivity contribution in [3.8, 4) is 0 Å². The Bertz CT molecular complexity index is 1460. The standard InChI is InChI=1S/C29H25N3O5S/c33-16-20-6-2-4-8-25(20)38-24-7-3-1-5-19(24)15-30-22-12-11-21(14-23(22)32(36)37)31-28(34)26-17-9-10-18(13-17)27(26)29(31)35/h1-12,14,17-18,26-27,30,33H,13,15-16H2/t17-,18-,26-,27+/m0/s1. The molecular weight excluding hydrogens is 502 g/mol. The van der Waals surface area contributed by atoms with Crippen LogP contribution in [0.5, 0.6) is 0 Å². The highest BCUT2D eigenvalue weighted by molar-refractivity contribution is 7.99. The van der Waals surface area contributed by atoms with Crippen LogP contribution in [0.4, 0.5) is 17.1 Å². The van der Waals surface area contributed by atoms with E-state index in [1.807, 2.05) is 60.7 Å². The van der Waals surface area contributed by atoms with E-state index >= 15 is 0 Å². The maximum Gasteiger partial charge on any atom is 0.294 e. The number of nitrogens with one attached hydrogen (secondary N) is 1. The predicted octanol–water partition coefficient (Wildman–Crippen LogP) is 5.16. The Balaban J connectivity index is 1.23. The van der Waals surface area contributed by atoms with Gasteiger partial charge in [0.25, 0.3) is 5.69 Å². The quantitative estimate of drug-likeness (QED) is 0.180. The molecule has 2 bridgehead atoms. The maximum absolute atomic E-state index is 13.2. The molecule has 2 N–H and O–H groups in total. The smallest absolute Gasteiger partial charge is 0.294 e. The first-order valence-corrected chi connectivity index (χ1v) is 13.3. The average molecular weight is 528 g/mol. The van der Waals surface area contributed by atoms with Gasteiger partial charge in [-0.15, -0.1) is 0 Å². The summed E-state index contributed by atoms with van der Waals surface area (Å²) >= 11 is 1.52. The number of anilines is 2. The van der Waals surface area contributed by atoms with Crippen LogP contribution >= 0.6 is 11.8 Å². The first kappa shape index (κ1) is 24.4. The summed E-state index contributed by atoms with van der Waals surface area (Å²) in [5, 5.41) is 24.8. The van der Waals surface area contributed by atoms with Gasteiger partial charge in [0.1, 0.15) is 5.69 Å². The summed E-state index contributed by atoms with van der Waals surface area (Å²) in [5.41, 5.74) is 2.10. The van der Waals surface area contributed by atoms with E-state index in [1.54, 1.807) is 12.1 Å². The van der Waals surface area contributed by atoms with Crippen LogP contribution in [0.1, 0.15) is 17.5 Å². The Morgan fingerprint density at radius 2 is 1.53 bits per heavy atom. The number of hydrogen-bond acceptors (Lipinski definition) is 7. The molecule has 9 heteroatoms. The number of benzene rings is 3. The van der Waals surface area contributed by atoms with E-state index in [2.05, 4.69) is 5.32 Å². The fourth-order valence-corrected chi connectivity index (χ4v) is 6.97. The normalized spacial score (nSPS) is 23.2. The molecule has 1 saturated carbocycles. The molecule has 2 fully saturated rings. The van der Waals surface area contributed by atoms with E-state index in [1.165, 1.54) is 17.8 Å². The first-order valence-electron chi connectivity index (χ1n) is 12.5. The van der Waals surface area contributed by atoms with Crippen molar-refractivity contribution in [3.05, 3.63) is 100 Å². The lowest BCUT2D eigenvalue weighted by atomic mass is 9.85. The summed E-state index contributed by atoms with van der Waals surface area (Å²) in [4.78, 5) is 40.9. The van der Waals surface area contributed by atoms with Gasteiger partial charge in [-0.1, -0.05) is 60.3 Å². The van der Waals surface area contributed by atoms with Crippen molar-refractivity contribution in [1.29, 1.82) is 0 Å². The molecule has 0 aromatic heterocycles. The second kappa shape index (κ2) is 9.74. The van der Waals surface area contributed by atoms with Crippen LogP contribution in [-0.2, 0) is 22.7 Å². The Morgan fingerprint density at radius 3 is 2.16 bits per heavy atom. The summed E-state index contributed by atoms with van der Waals surface area (Å²) in [7, 11) is 0. The van der Waals surface area contributed by atoms with Gasteiger partial charge in [0.05, 0.1) is 29.1 Å². The Kier molecular flexibility index (Phi) is 6.25. The Labute approximate surface area is 223 Å². The lowest BCUT2D eigenvalue weighted by molar-refractivity contribution is -0.383. The molecule has 0 spiro atoms. The highest BCUT2D eigenvalue weighted by Gasteiger charge is 2.59. The number of aliphatic hydroxyl groups is 1. The average Bonchev–Trinajstić information content (AvgIpc) is 3.62. The number of imide groups is 1. The number of nitro groups is 1. The van der Waals surface area contributed by atoms with Crippen molar-refractivity contribution >= 4 is 40.6 Å². The van der Waals surface area contributed by atoms with E-state index in [-0.39, 0.29) is 53.5 Å². The number of carbonyl (C=O) groups is 2. The number of amides is 2. The second-order valence-electron chi connectivity index (χ2n) is 9.80. The molecule has 38 heavy (non-hydrogen) atoms. The van der Waals surface area contributed by atoms with Crippen LogP contribution < -0.4 is 10.2 Å². The molecule has 0 radical (unpaired) electrons. The van der Waals surface area contributed by atoms with Gasteiger partial charge in [-0.05, 0) is 53.6 Å². The zero-order chi connectivity index (χ0) is 26.4. The SMILES string of the molecule is O=C1[C@@H]2[C@H](C(=O)N1c1ccc(NCc3ccccc3Sc3ccccc3CO)c([N+](=O)[O-])c1)[C@H]1C=C[C@H]2C1. The molecule has 1 aliphatic heterocycles. The van der Waals surface area contributed by atoms with Crippen molar-refractivity contribution < 1.29 is 19.6 Å². The van der Waals surface area contributed by atoms with E-state index in [0.717, 1.165) is 32.2 Å². The topological polar surface area (TPSA) is 113 Å². The molecular formula is C29H25N3O5S. The third-order valence-electron chi connectivity index (χ3n) is 7.71. The highest BCUT2D eigenvalue weighted by atomic mass is 32.2. The first-order chi connectivity index (χ1) is 18.5. The summed E-state index contributed by atoms with van der Waals surface area (Å²) in [6, 6.07) is 19.8. The molecule has 6 rings (SSSR count). The Hall–Kier alpha value is -3.95. The van der Waals surface area contributed by atoms with E-state index in [9.17, 15) is 24.8 Å². The lowest BCUT2D eigenvalue weighted by Crippen LogP contribution is -2.32. The number of fused-ring (bicyclic) bond motifs is 5. The zero-order valence-electron chi connectivity index (χ0n) is 20.3. The van der Waals surface area contributed by atoms with Crippen LogP contribution in [0.2, 0.25) is 0 Å². The molecule has 1 heterocycles. The number of hydrogen-bond donors (Lipinski definition) is 2. The van der Waals surface area contributed by atoms with Gasteiger partial charge in [0, 0.05) is 22.4 Å². The molecule has 4 atom stereocenters. The number of carbonyl (C=O) groups excluding carboxylic acids is 2. The van der Waals surface area contributed by atoms with Crippen LogP contribution in [0, 0.1) is 33.8 Å². The number of rotatable bonds is 8. The molecule has 192 valence electrons. The monoisotopic (exact) mass is 527 g/mol. The van der Waals surface area contributed by atoms with E-state index in [4.69, 9.17) is 0 Å². The Morgan fingerprint density at radius 1 is 0.921 bits per heavy atom. The summed E-state index contributed by atoms with van der Waals surface area (Å²) in [6.07, 6.45) is 4.87. The van der Waals surface area contributed by atoms with Gasteiger partial charge in [0.2, 0.25) is 11.8 Å². The number of aliphatic hydroxyl groups excluding tert-OH is 1. The minimum atomic E-state index is -0.499. The van der Waals surface area contributed by atoms with Gasteiger partial charge in [-0.2, -0.15) is 0 Å². The van der Waals surface area contributed by atoms with Crippen LogP contribution in [0.15, 0.2) is 88.7 Å². The molecule has 0 unspecified atom stereocenters. The summed E-state index contributed by atoms with van der Waals surface area (Å²) in [6.45, 7) is 0.259. The molecule has 2 aliphatic carbocycles. The fourth-order valence-electron chi connectivity index (χ4n) is 5.91. The number of allylic oxidation sites excluding steroid dienone is 2. The molecule has 1 saturated heterocycles. The fraction of sp³-hybridized carbons (Fsp3) is 0.241. The van der Waals surface area contributed by atoms with E-state index < -0.39 is 4.92 Å². The highest BCUT2D eigenvalue weighted by Crippen LogP contribution is 2.53. The minimum absolute atomic E-state index is 0.0660. The summed E-state index contributed by atoms with van der Waals surface area (Å²) < 4.78 is 0. The largest absolute Gasteiger partial charge is 0.392 e. The molecule has 8 nitrogen and oxygen atoms in total. The maximum atomic E-state index is 13.2. The van der Waals surface area contributed by atoms with Crippen molar-refractivity contribution in [1.82, 2.24) is 0 Å². The summed E-state index contributed by atoms with van der Waals surface area (Å²) in [5.74, 6) is -1.10. The van der Waals surface area contributed by atoms with Crippen LogP contribution in [0.25, 0.3) is 0 Å². The third-order valence-corrected chi connectivity index (χ3v) is 8.95. The van der Waals surface area contributed by atoms with Crippen LogP contribution in [0.3, 0.4) is 0 Å². The van der Waals surface area contributed by atoms with Gasteiger partial charge < -0.3 is 10.4 Å². The lowest BCUT2D eigenvalue weighted by Gasteiger charge is -2.18. The molecule has 3 aromatic carbocycles. The third kappa shape index (κ3) is 4.08. The molecule has 3 aliphatic rings. The van der Waals surface area contributed by atoms with Crippen molar-refractivity contribution in [2.24, 2.45) is 23.7 Å². The van der Waals surface area contributed by atoms with Crippen molar-refractivity contribution in [2.75, 3.05) is 10.2 Å². The zero-order valence-corrected chi connectivity index (χ0v) is 21.1. The van der Waals surface area contributed by atoms with Gasteiger partial charge >= 0.3 is 0 Å². The van der Waals surface area contributed by atoms with Gasteiger partial charge in [0.15, 0.2) is 0 Å². The van der Waals surface area contributed by atoms with Crippen LogP contribution in [-0.4, -0.2) is 21.8 Å². The number of nitro benzene ring substituents is 1. The predicted molar refractivity (Wildman–Crippen MR) is 144 cm³/mol.